The molecule has 168 valence electrons. The van der Waals surface area contributed by atoms with Gasteiger partial charge in [0.1, 0.15) is 0 Å². The molecular formula is C24H44O4Sn. The summed E-state index contributed by atoms with van der Waals surface area (Å²) in [6.07, 6.45) is 11.2. The quantitative estimate of drug-likeness (QED) is 0.299. The van der Waals surface area contributed by atoms with Crippen LogP contribution in [0.2, 0.25) is 13.3 Å². The first kappa shape index (κ1) is 25.2. The summed E-state index contributed by atoms with van der Waals surface area (Å²) in [5.41, 5.74) is 0. The molecule has 0 spiro atoms. The van der Waals surface area contributed by atoms with Crippen LogP contribution in [-0.2, 0) is 14.3 Å². The van der Waals surface area contributed by atoms with Crippen LogP contribution in [0.15, 0.2) is 10.2 Å². The van der Waals surface area contributed by atoms with E-state index < -0.39 is 36.1 Å². The molecular weight excluding hydrogens is 471 g/mol. The number of hydrogen-bond acceptors (Lipinski definition) is 3. The van der Waals surface area contributed by atoms with Crippen molar-refractivity contribution in [3.8, 4) is 0 Å². The molecule has 1 N–H and O–H groups in total. The molecule has 0 radical (unpaired) electrons. The van der Waals surface area contributed by atoms with Crippen molar-refractivity contribution in [1.29, 1.82) is 0 Å². The first-order chi connectivity index (χ1) is 13.8. The number of carbonyl (C=O) groups is 1. The van der Waals surface area contributed by atoms with E-state index in [2.05, 4.69) is 37.9 Å². The number of fused-ring (bicyclic) bond motifs is 2. The standard InChI is InChI=1S/C12H17O4.3C4H9.Sn/c1-4-9-7(2)10-8(11(13)14)5-6-12(3,15-9)16-10;3*1-3-4-2;/h1,4,7-10H,5-6H2,2-3H3,(H,13,14);3*1,3-4H2,2H3;/t7-,8+,9-,10+,12?;;;;/m0..../s1. The number of aliphatic carboxylic acids is 1. The Morgan fingerprint density at radius 3 is 2.10 bits per heavy atom. The van der Waals surface area contributed by atoms with E-state index in [1.807, 2.05) is 6.92 Å². The Hall–Kier alpha value is -0.0713. The molecule has 29 heavy (non-hydrogen) atoms. The van der Waals surface area contributed by atoms with Crippen LogP contribution in [0.4, 0.5) is 0 Å². The Balaban J connectivity index is 2.23. The minimum atomic E-state index is -2.38. The molecule has 5 heteroatoms. The Bertz CT molecular complexity index is 527. The van der Waals surface area contributed by atoms with Crippen LogP contribution in [0, 0.1) is 11.8 Å². The van der Waals surface area contributed by atoms with Crippen molar-refractivity contribution in [3.05, 3.63) is 10.2 Å². The Labute approximate surface area is 182 Å². The van der Waals surface area contributed by atoms with Crippen molar-refractivity contribution in [1.82, 2.24) is 0 Å². The zero-order valence-electron chi connectivity index (χ0n) is 19.4. The van der Waals surface area contributed by atoms with Crippen molar-refractivity contribution in [2.75, 3.05) is 0 Å². The van der Waals surface area contributed by atoms with Gasteiger partial charge in [0.25, 0.3) is 0 Å². The van der Waals surface area contributed by atoms with Crippen LogP contribution in [0.3, 0.4) is 0 Å². The van der Waals surface area contributed by atoms with Crippen molar-refractivity contribution >= 4 is 24.3 Å². The Morgan fingerprint density at radius 2 is 1.62 bits per heavy atom. The van der Waals surface area contributed by atoms with E-state index in [9.17, 15) is 9.90 Å². The summed E-state index contributed by atoms with van der Waals surface area (Å²) in [5.74, 6) is -1.69. The molecule has 0 aliphatic carbocycles. The van der Waals surface area contributed by atoms with E-state index in [1.54, 1.807) is 0 Å². The predicted octanol–water partition coefficient (Wildman–Crippen LogP) is 6.56. The maximum absolute atomic E-state index is 11.8. The molecule has 2 bridgehead atoms. The van der Waals surface area contributed by atoms with Gasteiger partial charge in [0.15, 0.2) is 0 Å². The molecule has 0 saturated carbocycles. The molecule has 4 nitrogen and oxygen atoms in total. The second kappa shape index (κ2) is 11.5. The summed E-state index contributed by atoms with van der Waals surface area (Å²) in [6.45, 7) is 11.0. The number of ether oxygens (including phenoxy) is 2. The second-order valence-electron chi connectivity index (χ2n) is 9.67. The summed E-state index contributed by atoms with van der Waals surface area (Å²) in [5, 5.41) is 9.66. The third kappa shape index (κ3) is 6.70. The zero-order valence-corrected chi connectivity index (χ0v) is 22.3. The van der Waals surface area contributed by atoms with Gasteiger partial charge in [-0.3, -0.25) is 0 Å². The van der Waals surface area contributed by atoms with Crippen molar-refractivity contribution < 1.29 is 19.4 Å². The summed E-state index contributed by atoms with van der Waals surface area (Å²) in [6, 6.07) is 0. The van der Waals surface area contributed by atoms with Gasteiger partial charge in [0.05, 0.1) is 0 Å². The van der Waals surface area contributed by atoms with E-state index in [1.165, 1.54) is 51.8 Å². The summed E-state index contributed by atoms with van der Waals surface area (Å²) in [7, 11) is 0. The molecule has 0 aromatic rings. The van der Waals surface area contributed by atoms with Crippen molar-refractivity contribution in [3.63, 3.8) is 0 Å². The Kier molecular flexibility index (Phi) is 10.0. The fourth-order valence-corrected chi connectivity index (χ4v) is 19.5. The average Bonchev–Trinajstić information content (AvgIpc) is 2.70. The topological polar surface area (TPSA) is 55.8 Å². The van der Waals surface area contributed by atoms with Crippen LogP contribution in [0.25, 0.3) is 0 Å². The van der Waals surface area contributed by atoms with Gasteiger partial charge >= 0.3 is 183 Å². The van der Waals surface area contributed by atoms with Crippen molar-refractivity contribution in [2.45, 2.75) is 117 Å². The fraction of sp³-hybridized carbons (Fsp3) is 0.875. The third-order valence-corrected chi connectivity index (χ3v) is 21.3. The molecule has 1 unspecified atom stereocenters. The normalized spacial score (nSPS) is 32.6. The van der Waals surface area contributed by atoms with E-state index in [-0.39, 0.29) is 18.1 Å². The first-order valence-electron chi connectivity index (χ1n) is 12.1. The van der Waals surface area contributed by atoms with Crippen molar-refractivity contribution in [2.24, 2.45) is 11.8 Å². The van der Waals surface area contributed by atoms with Gasteiger partial charge in [-0.05, 0) is 0 Å². The number of carboxylic acids is 1. The van der Waals surface area contributed by atoms with Gasteiger partial charge in [-0.25, -0.2) is 0 Å². The van der Waals surface area contributed by atoms with Crippen LogP contribution in [0.1, 0.15) is 86.0 Å². The monoisotopic (exact) mass is 516 g/mol. The maximum atomic E-state index is 11.8. The number of hydrogen-bond donors (Lipinski definition) is 1. The van der Waals surface area contributed by atoms with Gasteiger partial charge in [-0.1, -0.05) is 0 Å². The summed E-state index contributed by atoms with van der Waals surface area (Å²) in [4.78, 5) is 11.8. The summed E-state index contributed by atoms with van der Waals surface area (Å²) < 4.78 is 19.5. The third-order valence-electron chi connectivity index (χ3n) is 7.15. The second-order valence-corrected chi connectivity index (χ2v) is 22.7. The van der Waals surface area contributed by atoms with E-state index in [0.29, 0.717) is 12.8 Å². The molecule has 2 fully saturated rings. The number of unbranched alkanes of at least 4 members (excludes halogenated alkanes) is 3. The van der Waals surface area contributed by atoms with E-state index in [0.717, 1.165) is 0 Å². The fourth-order valence-electron chi connectivity index (χ4n) is 5.14. The summed E-state index contributed by atoms with van der Waals surface area (Å²) >= 11 is -2.38. The molecule has 5 atom stereocenters. The number of rotatable bonds is 12. The molecule has 2 aliphatic heterocycles. The van der Waals surface area contributed by atoms with Gasteiger partial charge < -0.3 is 0 Å². The Morgan fingerprint density at radius 1 is 1.07 bits per heavy atom. The predicted molar refractivity (Wildman–Crippen MR) is 122 cm³/mol. The van der Waals surface area contributed by atoms with Gasteiger partial charge in [0.2, 0.25) is 0 Å². The molecule has 2 heterocycles. The zero-order chi connectivity index (χ0) is 21.5. The number of carboxylic acid groups (broad SMARTS) is 1. The van der Waals surface area contributed by atoms with Crippen LogP contribution >= 0.6 is 0 Å². The van der Waals surface area contributed by atoms with Crippen LogP contribution in [0.5, 0.6) is 0 Å². The minimum absolute atomic E-state index is 0.0261. The van der Waals surface area contributed by atoms with Gasteiger partial charge in [0, 0.05) is 0 Å². The van der Waals surface area contributed by atoms with Crippen LogP contribution in [-0.4, -0.2) is 47.4 Å². The molecule has 2 rings (SSSR count). The molecule has 0 aromatic heterocycles. The molecule has 2 saturated heterocycles. The van der Waals surface area contributed by atoms with Crippen LogP contribution < -0.4 is 0 Å². The SMILES string of the molecule is CCC[CH2][Sn](/[CH]=C/[C@@H]1OC2(C)CC[C@@H](C(=O)O)[C@H](O2)[C@H]1C)([CH2]CCC)[CH2]CCC. The molecule has 2 aliphatic rings. The van der Waals surface area contributed by atoms with E-state index in [4.69, 9.17) is 9.47 Å². The average molecular weight is 515 g/mol. The first-order valence-corrected chi connectivity index (χ1v) is 19.8. The van der Waals surface area contributed by atoms with Gasteiger partial charge in [-0.2, -0.15) is 0 Å². The molecule has 0 aromatic carbocycles. The van der Waals surface area contributed by atoms with E-state index >= 15 is 0 Å². The molecule has 0 amide bonds. The van der Waals surface area contributed by atoms with Gasteiger partial charge in [-0.15, -0.1) is 0 Å².